The highest BCUT2D eigenvalue weighted by atomic mass is 28.4. The molecule has 0 heterocycles. The lowest BCUT2D eigenvalue weighted by Gasteiger charge is -2.36. The van der Waals surface area contributed by atoms with Crippen LogP contribution in [0.4, 0.5) is 0 Å². The summed E-state index contributed by atoms with van der Waals surface area (Å²) in [7, 11) is -1.60. The maximum atomic E-state index is 6.27. The lowest BCUT2D eigenvalue weighted by Crippen LogP contribution is -2.41. The Kier molecular flexibility index (Phi) is 4.90. The van der Waals surface area contributed by atoms with Crippen molar-refractivity contribution in [1.82, 2.24) is 0 Å². The summed E-state index contributed by atoms with van der Waals surface area (Å²) in [6.07, 6.45) is 2.19. The molecule has 2 heteroatoms. The number of fused-ring (bicyclic) bond motifs is 1. The van der Waals surface area contributed by atoms with Crippen molar-refractivity contribution in [2.75, 3.05) is 6.61 Å². The van der Waals surface area contributed by atoms with Crippen molar-refractivity contribution in [2.24, 2.45) is 0 Å². The normalized spacial score (nSPS) is 12.8. The fraction of sp³-hybridized carbons (Fsp3) is 0.474. The number of hydrogen-bond acceptors (Lipinski definition) is 1. The monoisotopic (exact) mass is 300 g/mol. The van der Waals surface area contributed by atoms with Gasteiger partial charge in [-0.1, -0.05) is 63.2 Å². The molecule has 1 nitrogen and oxygen atoms in total. The van der Waals surface area contributed by atoms with Gasteiger partial charge >= 0.3 is 0 Å². The molecule has 2 aromatic rings. The van der Waals surface area contributed by atoms with Gasteiger partial charge in [-0.05, 0) is 47.3 Å². The van der Waals surface area contributed by atoms with E-state index in [4.69, 9.17) is 4.43 Å². The highest BCUT2D eigenvalue weighted by Crippen LogP contribution is 2.36. The summed E-state index contributed by atoms with van der Waals surface area (Å²) < 4.78 is 6.27. The quantitative estimate of drug-likeness (QED) is 0.501. The first-order valence-electron chi connectivity index (χ1n) is 7.92. The molecule has 0 fully saturated rings. The number of aryl methyl sites for hydroxylation is 1. The van der Waals surface area contributed by atoms with Crippen molar-refractivity contribution >= 4 is 19.1 Å². The van der Waals surface area contributed by atoms with Crippen LogP contribution in [0.15, 0.2) is 42.5 Å². The van der Waals surface area contributed by atoms with E-state index in [1.807, 2.05) is 0 Å². The average Bonchev–Trinajstić information content (AvgIpc) is 2.42. The van der Waals surface area contributed by atoms with E-state index in [9.17, 15) is 0 Å². The van der Waals surface area contributed by atoms with Crippen LogP contribution in [0.5, 0.6) is 0 Å². The average molecular weight is 301 g/mol. The van der Waals surface area contributed by atoms with Gasteiger partial charge in [0.15, 0.2) is 8.32 Å². The van der Waals surface area contributed by atoms with Gasteiger partial charge in [-0.3, -0.25) is 0 Å². The largest absolute Gasteiger partial charge is 0.417 e. The van der Waals surface area contributed by atoms with Gasteiger partial charge in [0.05, 0.1) is 0 Å². The Morgan fingerprint density at radius 2 is 1.62 bits per heavy atom. The number of benzene rings is 2. The summed E-state index contributed by atoms with van der Waals surface area (Å²) in [4.78, 5) is 0. The third-order valence-corrected chi connectivity index (χ3v) is 9.28. The van der Waals surface area contributed by atoms with Crippen molar-refractivity contribution in [1.29, 1.82) is 0 Å². The molecule has 0 atom stereocenters. The Bertz CT molecular complexity index is 591. The van der Waals surface area contributed by atoms with Crippen molar-refractivity contribution in [3.05, 3.63) is 48.0 Å². The zero-order valence-corrected chi connectivity index (χ0v) is 15.1. The minimum Gasteiger partial charge on any atom is -0.417 e. The van der Waals surface area contributed by atoms with Crippen LogP contribution in [-0.4, -0.2) is 14.9 Å². The Morgan fingerprint density at radius 3 is 2.33 bits per heavy atom. The molecule has 0 aromatic heterocycles. The van der Waals surface area contributed by atoms with Crippen molar-refractivity contribution in [2.45, 2.75) is 51.7 Å². The van der Waals surface area contributed by atoms with Crippen LogP contribution in [0.25, 0.3) is 10.8 Å². The molecule has 0 spiro atoms. The first-order chi connectivity index (χ1) is 9.81. The van der Waals surface area contributed by atoms with Crippen molar-refractivity contribution in [3.8, 4) is 0 Å². The predicted octanol–water partition coefficient (Wildman–Crippen LogP) is 5.79. The Hall–Kier alpha value is -1.12. The van der Waals surface area contributed by atoms with Crippen molar-refractivity contribution in [3.63, 3.8) is 0 Å². The van der Waals surface area contributed by atoms with Gasteiger partial charge in [0, 0.05) is 6.61 Å². The molecule has 114 valence electrons. The molecule has 0 saturated heterocycles. The van der Waals surface area contributed by atoms with E-state index in [0.29, 0.717) is 5.04 Å². The van der Waals surface area contributed by atoms with E-state index in [1.165, 1.54) is 16.3 Å². The van der Waals surface area contributed by atoms with Gasteiger partial charge in [0.1, 0.15) is 0 Å². The summed E-state index contributed by atoms with van der Waals surface area (Å²) >= 11 is 0. The van der Waals surface area contributed by atoms with Crippen LogP contribution in [0.1, 0.15) is 32.8 Å². The van der Waals surface area contributed by atoms with Gasteiger partial charge in [0.25, 0.3) is 0 Å². The van der Waals surface area contributed by atoms with Gasteiger partial charge in [-0.25, -0.2) is 0 Å². The summed E-state index contributed by atoms with van der Waals surface area (Å²) in [5, 5.41) is 3.01. The zero-order valence-electron chi connectivity index (χ0n) is 14.1. The molecule has 0 bridgehead atoms. The van der Waals surface area contributed by atoms with Crippen LogP contribution in [0, 0.1) is 0 Å². The van der Waals surface area contributed by atoms with Gasteiger partial charge < -0.3 is 4.43 Å². The van der Waals surface area contributed by atoms with Crippen LogP contribution in [0.2, 0.25) is 18.1 Å². The molecule has 0 aliphatic carbocycles. The minimum absolute atomic E-state index is 0.298. The zero-order chi connectivity index (χ0) is 15.5. The molecule has 0 saturated carbocycles. The predicted molar refractivity (Wildman–Crippen MR) is 95.4 cm³/mol. The molecule has 21 heavy (non-hydrogen) atoms. The van der Waals surface area contributed by atoms with E-state index in [1.54, 1.807) is 0 Å². The maximum Gasteiger partial charge on any atom is 0.191 e. The summed E-state index contributed by atoms with van der Waals surface area (Å²) in [6, 6.07) is 15.2. The molecule has 0 N–H and O–H groups in total. The van der Waals surface area contributed by atoms with Crippen LogP contribution in [-0.2, 0) is 10.8 Å². The highest BCUT2D eigenvalue weighted by molar-refractivity contribution is 6.74. The second-order valence-corrected chi connectivity index (χ2v) is 12.2. The minimum atomic E-state index is -1.60. The van der Waals surface area contributed by atoms with Gasteiger partial charge in [-0.15, -0.1) is 0 Å². The van der Waals surface area contributed by atoms with E-state index in [2.05, 4.69) is 76.3 Å². The summed E-state index contributed by atoms with van der Waals surface area (Å²) in [6.45, 7) is 12.4. The van der Waals surface area contributed by atoms with Crippen LogP contribution >= 0.6 is 0 Å². The smallest absolute Gasteiger partial charge is 0.191 e. The fourth-order valence-corrected chi connectivity index (χ4v) is 3.40. The van der Waals surface area contributed by atoms with E-state index in [-0.39, 0.29) is 0 Å². The molecular weight excluding hydrogens is 272 g/mol. The first kappa shape index (κ1) is 16.3. The van der Waals surface area contributed by atoms with Crippen LogP contribution < -0.4 is 0 Å². The second-order valence-electron chi connectivity index (χ2n) is 7.35. The fourth-order valence-electron chi connectivity index (χ4n) is 2.32. The third kappa shape index (κ3) is 3.95. The number of hydrogen-bond donors (Lipinski definition) is 0. The van der Waals surface area contributed by atoms with Gasteiger partial charge in [-0.2, -0.15) is 0 Å². The number of rotatable bonds is 5. The maximum absolute atomic E-state index is 6.27. The van der Waals surface area contributed by atoms with E-state index >= 15 is 0 Å². The molecule has 2 rings (SSSR count). The van der Waals surface area contributed by atoms with Crippen molar-refractivity contribution < 1.29 is 4.43 Å². The second kappa shape index (κ2) is 6.33. The van der Waals surface area contributed by atoms with Gasteiger partial charge in [0.2, 0.25) is 0 Å². The highest BCUT2D eigenvalue weighted by Gasteiger charge is 2.36. The Labute approximate surface area is 130 Å². The summed E-state index contributed by atoms with van der Waals surface area (Å²) in [5.74, 6) is 0. The topological polar surface area (TPSA) is 9.23 Å². The lowest BCUT2D eigenvalue weighted by molar-refractivity contribution is 0.282. The van der Waals surface area contributed by atoms with Crippen LogP contribution in [0.3, 0.4) is 0 Å². The molecule has 0 aliphatic heterocycles. The van der Waals surface area contributed by atoms with E-state index < -0.39 is 8.32 Å². The molecule has 0 amide bonds. The molecular formula is C19H28OSi. The standard InChI is InChI=1S/C19H28OSi/c1-19(2,3)21(4,5)20-15-9-13-17-12-8-11-16-10-6-7-14-18(16)17/h6-8,10-12,14H,9,13,15H2,1-5H3. The molecule has 2 aromatic carbocycles. The lowest BCUT2D eigenvalue weighted by atomic mass is 10.0. The van der Waals surface area contributed by atoms with E-state index in [0.717, 1.165) is 19.4 Å². The molecule has 0 radical (unpaired) electrons. The Balaban J connectivity index is 1.95. The Morgan fingerprint density at radius 1 is 0.952 bits per heavy atom. The molecule has 0 aliphatic rings. The first-order valence-corrected chi connectivity index (χ1v) is 10.8. The summed E-state index contributed by atoms with van der Waals surface area (Å²) in [5.41, 5.74) is 1.44. The third-order valence-electron chi connectivity index (χ3n) is 4.74. The SMILES string of the molecule is CC(C)(C)[Si](C)(C)OCCCc1cccc2ccccc12. The molecule has 0 unspecified atom stereocenters.